The molecule has 0 unspecified atom stereocenters. The molecule has 0 radical (unpaired) electrons. The minimum atomic E-state index is -0.974. The van der Waals surface area contributed by atoms with Gasteiger partial charge in [0.15, 0.2) is 11.6 Å². The van der Waals surface area contributed by atoms with Crippen LogP contribution in [0.3, 0.4) is 0 Å². The lowest BCUT2D eigenvalue weighted by Crippen LogP contribution is -2.27. The maximum absolute atomic E-state index is 12.0. The monoisotopic (exact) mass is 222 g/mol. The zero-order chi connectivity index (χ0) is 12.7. The molecule has 16 heavy (non-hydrogen) atoms. The van der Waals surface area contributed by atoms with Crippen LogP contribution in [0.15, 0.2) is 22.3 Å². The summed E-state index contributed by atoms with van der Waals surface area (Å²) in [5.41, 5.74) is 0.950. The second kappa shape index (κ2) is 3.98. The van der Waals surface area contributed by atoms with Gasteiger partial charge in [0.2, 0.25) is 0 Å². The molecule has 0 spiro atoms. The van der Waals surface area contributed by atoms with Crippen molar-refractivity contribution < 1.29 is 14.7 Å². The molecule has 0 aromatic rings. The van der Waals surface area contributed by atoms with Gasteiger partial charge < -0.3 is 5.11 Å². The van der Waals surface area contributed by atoms with Gasteiger partial charge in [-0.25, -0.2) is 0 Å². The van der Waals surface area contributed by atoms with E-state index in [0.717, 1.165) is 0 Å². The van der Waals surface area contributed by atoms with E-state index >= 15 is 0 Å². The molecule has 0 aromatic heterocycles. The molecular formula is C13H18O3. The number of hydrogen-bond donors (Lipinski definition) is 1. The molecule has 1 rings (SSSR count). The Labute approximate surface area is 95.9 Å². The van der Waals surface area contributed by atoms with Gasteiger partial charge in [-0.3, -0.25) is 9.59 Å². The summed E-state index contributed by atoms with van der Waals surface area (Å²) in [7, 11) is 0. The molecule has 0 aliphatic heterocycles. The van der Waals surface area contributed by atoms with E-state index in [-0.39, 0.29) is 18.0 Å². The molecule has 0 aromatic carbocycles. The Morgan fingerprint density at radius 3 is 1.81 bits per heavy atom. The minimum absolute atomic E-state index is 0.0867. The lowest BCUT2D eigenvalue weighted by Gasteiger charge is -2.24. The molecular weight excluding hydrogens is 204 g/mol. The van der Waals surface area contributed by atoms with E-state index in [1.54, 1.807) is 34.6 Å². The topological polar surface area (TPSA) is 54.4 Å². The van der Waals surface area contributed by atoms with Crippen molar-refractivity contribution in [2.75, 3.05) is 0 Å². The van der Waals surface area contributed by atoms with Gasteiger partial charge in [-0.2, -0.15) is 0 Å². The molecule has 3 heteroatoms. The molecule has 88 valence electrons. The normalized spacial score (nSPS) is 18.6. The first kappa shape index (κ1) is 12.8. The molecule has 0 saturated carbocycles. The Balaban J connectivity index is 3.20. The van der Waals surface area contributed by atoms with Crippen molar-refractivity contribution in [3.05, 3.63) is 22.3 Å². The van der Waals surface area contributed by atoms with Crippen LogP contribution in [0.5, 0.6) is 0 Å². The van der Waals surface area contributed by atoms with Crippen LogP contribution in [0.4, 0.5) is 0 Å². The lowest BCUT2D eigenvalue weighted by atomic mass is 9.81. The van der Waals surface area contributed by atoms with Crippen LogP contribution in [0.2, 0.25) is 0 Å². The van der Waals surface area contributed by atoms with Crippen molar-refractivity contribution in [2.24, 2.45) is 0 Å². The zero-order valence-corrected chi connectivity index (χ0v) is 10.5. The summed E-state index contributed by atoms with van der Waals surface area (Å²) in [6.45, 7) is 8.24. The molecule has 1 aliphatic rings. The van der Waals surface area contributed by atoms with Crippen molar-refractivity contribution in [3.8, 4) is 0 Å². The first-order chi connectivity index (χ1) is 7.15. The highest BCUT2D eigenvalue weighted by atomic mass is 16.3. The van der Waals surface area contributed by atoms with Crippen LogP contribution in [-0.4, -0.2) is 22.3 Å². The number of allylic oxidation sites excluding steroid dienone is 3. The molecule has 0 heterocycles. The number of carbonyl (C=O) groups is 2. The average molecular weight is 222 g/mol. The van der Waals surface area contributed by atoms with E-state index in [1.165, 1.54) is 0 Å². The van der Waals surface area contributed by atoms with E-state index in [1.807, 2.05) is 0 Å². The number of carbonyl (C=O) groups excluding carboxylic acids is 2. The van der Waals surface area contributed by atoms with Gasteiger partial charge in [-0.15, -0.1) is 0 Å². The molecule has 1 N–H and O–H groups in total. The fourth-order valence-corrected chi connectivity index (χ4v) is 1.80. The number of ketones is 2. The third kappa shape index (κ3) is 2.30. The van der Waals surface area contributed by atoms with Crippen molar-refractivity contribution in [3.63, 3.8) is 0 Å². The quantitative estimate of drug-likeness (QED) is 0.726. The number of rotatable bonds is 2. The highest BCUT2D eigenvalue weighted by Gasteiger charge is 2.30. The third-order valence-electron chi connectivity index (χ3n) is 2.92. The van der Waals surface area contributed by atoms with Gasteiger partial charge in [0, 0.05) is 28.7 Å². The van der Waals surface area contributed by atoms with Crippen molar-refractivity contribution >= 4 is 11.6 Å². The molecule has 0 atom stereocenters. The highest BCUT2D eigenvalue weighted by molar-refractivity contribution is 6.24. The molecule has 1 aliphatic carbocycles. The summed E-state index contributed by atoms with van der Waals surface area (Å²) < 4.78 is 0. The maximum Gasteiger partial charge on any atom is 0.185 e. The SMILES string of the molecule is CC1=C(C)C(=O)C(CC(C)(C)O)=C(C)C1=O. The van der Waals surface area contributed by atoms with Gasteiger partial charge in [-0.1, -0.05) is 0 Å². The summed E-state index contributed by atoms with van der Waals surface area (Å²) in [4.78, 5) is 23.8. The predicted octanol–water partition coefficient (Wildman–Crippen LogP) is 1.95. The molecule has 3 nitrogen and oxygen atoms in total. The van der Waals surface area contributed by atoms with E-state index in [2.05, 4.69) is 0 Å². The molecule has 0 fully saturated rings. The largest absolute Gasteiger partial charge is 0.390 e. The van der Waals surface area contributed by atoms with Crippen LogP contribution in [0.1, 0.15) is 41.0 Å². The second-order valence-electron chi connectivity index (χ2n) is 5.00. The Kier molecular flexibility index (Phi) is 3.20. The van der Waals surface area contributed by atoms with Crippen molar-refractivity contribution in [1.29, 1.82) is 0 Å². The molecule has 0 amide bonds. The predicted molar refractivity (Wildman–Crippen MR) is 62.0 cm³/mol. The maximum atomic E-state index is 12.0. The zero-order valence-electron chi connectivity index (χ0n) is 10.5. The Bertz CT molecular complexity index is 417. The third-order valence-corrected chi connectivity index (χ3v) is 2.92. The van der Waals surface area contributed by atoms with Gasteiger partial charge >= 0.3 is 0 Å². The van der Waals surface area contributed by atoms with Crippen LogP contribution >= 0.6 is 0 Å². The summed E-state index contributed by atoms with van der Waals surface area (Å²) in [6.07, 6.45) is 0.216. The minimum Gasteiger partial charge on any atom is -0.390 e. The van der Waals surface area contributed by atoms with E-state index < -0.39 is 5.60 Å². The fourth-order valence-electron chi connectivity index (χ4n) is 1.80. The molecule has 0 saturated heterocycles. The van der Waals surface area contributed by atoms with Gasteiger partial charge in [0.05, 0.1) is 5.60 Å². The average Bonchev–Trinajstić information content (AvgIpc) is 2.17. The Hall–Kier alpha value is -1.22. The number of Topliss-reactive ketones (excluding diaryl/α,β-unsaturated/α-hetero) is 2. The molecule has 0 bridgehead atoms. The van der Waals surface area contributed by atoms with E-state index in [0.29, 0.717) is 22.3 Å². The second-order valence-corrected chi connectivity index (χ2v) is 5.00. The summed E-state index contributed by atoms with van der Waals surface area (Å²) in [5, 5.41) is 9.73. The number of hydrogen-bond acceptors (Lipinski definition) is 3. The van der Waals surface area contributed by atoms with Gasteiger partial charge in [0.1, 0.15) is 0 Å². The Morgan fingerprint density at radius 1 is 0.938 bits per heavy atom. The fraction of sp³-hybridized carbons (Fsp3) is 0.538. The lowest BCUT2D eigenvalue weighted by molar-refractivity contribution is -0.116. The van der Waals surface area contributed by atoms with Crippen LogP contribution in [0, 0.1) is 0 Å². The van der Waals surface area contributed by atoms with Gasteiger partial charge in [-0.05, 0) is 34.6 Å². The number of aliphatic hydroxyl groups is 1. The standard InChI is InChI=1S/C13H18O3/c1-7-8(2)12(15)10(6-13(4,5)16)9(3)11(7)14/h16H,6H2,1-5H3. The van der Waals surface area contributed by atoms with E-state index in [9.17, 15) is 14.7 Å². The Morgan fingerprint density at radius 2 is 1.38 bits per heavy atom. The van der Waals surface area contributed by atoms with Crippen LogP contribution < -0.4 is 0 Å². The van der Waals surface area contributed by atoms with Crippen LogP contribution in [-0.2, 0) is 9.59 Å². The van der Waals surface area contributed by atoms with Crippen molar-refractivity contribution in [2.45, 2.75) is 46.6 Å². The first-order valence-electron chi connectivity index (χ1n) is 5.34. The van der Waals surface area contributed by atoms with Gasteiger partial charge in [0.25, 0.3) is 0 Å². The smallest absolute Gasteiger partial charge is 0.185 e. The summed E-state index contributed by atoms with van der Waals surface area (Å²) in [5.74, 6) is -0.201. The first-order valence-corrected chi connectivity index (χ1v) is 5.34. The van der Waals surface area contributed by atoms with E-state index in [4.69, 9.17) is 0 Å². The van der Waals surface area contributed by atoms with Crippen LogP contribution in [0.25, 0.3) is 0 Å². The van der Waals surface area contributed by atoms with Crippen molar-refractivity contribution in [1.82, 2.24) is 0 Å². The highest BCUT2D eigenvalue weighted by Crippen LogP contribution is 2.29. The summed E-state index contributed by atoms with van der Waals surface area (Å²) >= 11 is 0. The summed E-state index contributed by atoms with van der Waals surface area (Å²) in [6, 6.07) is 0.